The molecule has 0 aliphatic carbocycles. The molecule has 2 rings (SSSR count). The molecule has 18 heavy (non-hydrogen) atoms. The fourth-order valence-corrected chi connectivity index (χ4v) is 1.90. The van der Waals surface area contributed by atoms with Gasteiger partial charge < -0.3 is 5.11 Å². The number of hydrogen-bond acceptors (Lipinski definition) is 3. The maximum absolute atomic E-state index is 11.0. The molecule has 0 fully saturated rings. The summed E-state index contributed by atoms with van der Waals surface area (Å²) in [5, 5.41) is 9.69. The molecule has 1 N–H and O–H groups in total. The molecule has 3 nitrogen and oxygen atoms in total. The van der Waals surface area contributed by atoms with Crippen LogP contribution in [0.1, 0.15) is 26.3 Å². The van der Waals surface area contributed by atoms with Gasteiger partial charge >= 0.3 is 0 Å². The van der Waals surface area contributed by atoms with Crippen LogP contribution >= 0.6 is 0 Å². The van der Waals surface area contributed by atoms with Crippen LogP contribution in [0, 0.1) is 6.92 Å². The highest BCUT2D eigenvalue weighted by Crippen LogP contribution is 2.31. The summed E-state index contributed by atoms with van der Waals surface area (Å²) in [6, 6.07) is 9.96. The summed E-state index contributed by atoms with van der Waals surface area (Å²) in [6.45, 7) is 1.77. The second-order valence-corrected chi connectivity index (χ2v) is 4.03. The molecule has 0 spiro atoms. The van der Waals surface area contributed by atoms with E-state index in [2.05, 4.69) is 0 Å². The van der Waals surface area contributed by atoms with E-state index < -0.39 is 0 Å². The van der Waals surface area contributed by atoms with Gasteiger partial charge in [0.25, 0.3) is 0 Å². The molecule has 2 aromatic rings. The van der Waals surface area contributed by atoms with Crippen LogP contribution in [0.25, 0.3) is 11.1 Å². The van der Waals surface area contributed by atoms with Crippen LogP contribution in [0.3, 0.4) is 0 Å². The molecule has 0 heterocycles. The normalized spacial score (nSPS) is 10.1. The number of phenolic OH excluding ortho intramolecular Hbond substituents is 1. The molecule has 0 saturated heterocycles. The lowest BCUT2D eigenvalue weighted by molar-refractivity contribution is 0.111. The highest BCUT2D eigenvalue weighted by molar-refractivity contribution is 5.91. The summed E-state index contributed by atoms with van der Waals surface area (Å²) in [7, 11) is 0. The van der Waals surface area contributed by atoms with E-state index in [1.54, 1.807) is 37.3 Å². The van der Waals surface area contributed by atoms with Gasteiger partial charge in [-0.05, 0) is 35.7 Å². The van der Waals surface area contributed by atoms with E-state index in [4.69, 9.17) is 0 Å². The van der Waals surface area contributed by atoms with Crippen LogP contribution in [0.15, 0.2) is 36.4 Å². The smallest absolute Gasteiger partial charge is 0.150 e. The molecule has 0 bridgehead atoms. The summed E-state index contributed by atoms with van der Waals surface area (Å²) in [5.41, 5.74) is 3.08. The Morgan fingerprint density at radius 1 is 1.00 bits per heavy atom. The van der Waals surface area contributed by atoms with Crippen molar-refractivity contribution in [1.82, 2.24) is 0 Å². The van der Waals surface area contributed by atoms with Crippen LogP contribution < -0.4 is 0 Å². The number of carbonyl (C=O) groups excluding carboxylic acids is 2. The van der Waals surface area contributed by atoms with Gasteiger partial charge in [-0.1, -0.05) is 24.3 Å². The Morgan fingerprint density at radius 2 is 1.78 bits per heavy atom. The van der Waals surface area contributed by atoms with E-state index in [1.807, 2.05) is 6.07 Å². The highest BCUT2D eigenvalue weighted by atomic mass is 16.3. The maximum atomic E-state index is 11.0. The van der Waals surface area contributed by atoms with E-state index >= 15 is 0 Å². The fourth-order valence-electron chi connectivity index (χ4n) is 1.90. The first kappa shape index (κ1) is 12.0. The van der Waals surface area contributed by atoms with E-state index in [9.17, 15) is 14.7 Å². The second kappa shape index (κ2) is 4.84. The molecule has 90 valence electrons. The van der Waals surface area contributed by atoms with Crippen molar-refractivity contribution in [2.45, 2.75) is 6.92 Å². The molecular weight excluding hydrogens is 228 g/mol. The maximum Gasteiger partial charge on any atom is 0.150 e. The number of aromatic hydroxyl groups is 1. The SMILES string of the molecule is Cc1c(O)cccc1-c1cc(C=O)ccc1C=O. The van der Waals surface area contributed by atoms with Crippen molar-refractivity contribution in [1.29, 1.82) is 0 Å². The third kappa shape index (κ3) is 2.02. The molecule has 0 aromatic heterocycles. The highest BCUT2D eigenvalue weighted by Gasteiger charge is 2.10. The second-order valence-electron chi connectivity index (χ2n) is 4.03. The summed E-state index contributed by atoms with van der Waals surface area (Å²) in [4.78, 5) is 21.8. The largest absolute Gasteiger partial charge is 0.508 e. The zero-order chi connectivity index (χ0) is 13.1. The molecular formula is C15H12O3. The average Bonchev–Trinajstić information content (AvgIpc) is 2.41. The minimum atomic E-state index is 0.167. The molecule has 0 radical (unpaired) electrons. The van der Waals surface area contributed by atoms with Gasteiger partial charge in [-0.15, -0.1) is 0 Å². The minimum absolute atomic E-state index is 0.167. The quantitative estimate of drug-likeness (QED) is 0.839. The van der Waals surface area contributed by atoms with E-state index in [0.717, 1.165) is 18.1 Å². The van der Waals surface area contributed by atoms with Gasteiger partial charge in [0.15, 0.2) is 6.29 Å². The molecule has 0 aliphatic rings. The predicted molar refractivity (Wildman–Crippen MR) is 69.1 cm³/mol. The lowest BCUT2D eigenvalue weighted by Gasteiger charge is -2.10. The lowest BCUT2D eigenvalue weighted by Crippen LogP contribution is -1.92. The molecule has 0 amide bonds. The topological polar surface area (TPSA) is 54.4 Å². The average molecular weight is 240 g/mol. The number of carbonyl (C=O) groups is 2. The summed E-state index contributed by atoms with van der Waals surface area (Å²) in [6.07, 6.45) is 1.48. The van der Waals surface area contributed by atoms with Crippen LogP contribution in [0.2, 0.25) is 0 Å². The third-order valence-corrected chi connectivity index (χ3v) is 2.94. The summed E-state index contributed by atoms with van der Waals surface area (Å²) < 4.78 is 0. The first-order valence-electron chi connectivity index (χ1n) is 5.50. The van der Waals surface area contributed by atoms with Crippen molar-refractivity contribution in [3.63, 3.8) is 0 Å². The molecule has 0 atom stereocenters. The van der Waals surface area contributed by atoms with Gasteiger partial charge in [-0.3, -0.25) is 9.59 Å². The Kier molecular flexibility index (Phi) is 3.24. The number of hydrogen-bond donors (Lipinski definition) is 1. The Morgan fingerprint density at radius 3 is 2.44 bits per heavy atom. The van der Waals surface area contributed by atoms with Gasteiger partial charge in [0.05, 0.1) is 0 Å². The fraction of sp³-hybridized carbons (Fsp3) is 0.0667. The van der Waals surface area contributed by atoms with Crippen molar-refractivity contribution < 1.29 is 14.7 Å². The van der Waals surface area contributed by atoms with E-state index in [0.29, 0.717) is 22.3 Å². The van der Waals surface area contributed by atoms with Crippen molar-refractivity contribution >= 4 is 12.6 Å². The number of aldehydes is 2. The van der Waals surface area contributed by atoms with Gasteiger partial charge in [-0.25, -0.2) is 0 Å². The molecule has 0 unspecified atom stereocenters. The predicted octanol–water partition coefficient (Wildman–Crippen LogP) is 2.99. The van der Waals surface area contributed by atoms with Gasteiger partial charge in [0, 0.05) is 11.1 Å². The number of benzene rings is 2. The molecule has 3 heteroatoms. The van der Waals surface area contributed by atoms with Crippen LogP contribution in [0.4, 0.5) is 0 Å². The molecule has 0 aliphatic heterocycles. The lowest BCUT2D eigenvalue weighted by atomic mass is 9.94. The van der Waals surface area contributed by atoms with Crippen LogP contribution in [-0.4, -0.2) is 17.7 Å². The van der Waals surface area contributed by atoms with Crippen molar-refractivity contribution in [2.75, 3.05) is 0 Å². The standard InChI is InChI=1S/C15H12O3/c1-10-13(3-2-4-15(10)18)14-7-11(8-16)5-6-12(14)9-17/h2-9,18H,1H3. The van der Waals surface area contributed by atoms with Gasteiger partial charge in [0.2, 0.25) is 0 Å². The Balaban J connectivity index is 2.72. The van der Waals surface area contributed by atoms with Crippen molar-refractivity contribution in [3.05, 3.63) is 53.1 Å². The summed E-state index contributed by atoms with van der Waals surface area (Å²) >= 11 is 0. The van der Waals surface area contributed by atoms with Crippen molar-refractivity contribution in [2.24, 2.45) is 0 Å². The summed E-state index contributed by atoms with van der Waals surface area (Å²) in [5.74, 6) is 0.167. The van der Waals surface area contributed by atoms with E-state index in [-0.39, 0.29) is 5.75 Å². The first-order valence-corrected chi connectivity index (χ1v) is 5.50. The zero-order valence-electron chi connectivity index (χ0n) is 9.88. The van der Waals surface area contributed by atoms with Gasteiger partial charge in [-0.2, -0.15) is 0 Å². The van der Waals surface area contributed by atoms with Crippen LogP contribution in [-0.2, 0) is 0 Å². The Hall–Kier alpha value is -2.42. The minimum Gasteiger partial charge on any atom is -0.508 e. The third-order valence-electron chi connectivity index (χ3n) is 2.94. The Labute approximate surface area is 105 Å². The van der Waals surface area contributed by atoms with Crippen LogP contribution in [0.5, 0.6) is 5.75 Å². The number of phenols is 1. The van der Waals surface area contributed by atoms with E-state index in [1.165, 1.54) is 0 Å². The number of rotatable bonds is 3. The van der Waals surface area contributed by atoms with Crippen molar-refractivity contribution in [3.8, 4) is 16.9 Å². The molecule has 0 saturated carbocycles. The molecule has 2 aromatic carbocycles. The Bertz CT molecular complexity index is 615. The first-order chi connectivity index (χ1) is 8.67. The van der Waals surface area contributed by atoms with Gasteiger partial charge in [0.1, 0.15) is 12.0 Å². The zero-order valence-corrected chi connectivity index (χ0v) is 9.88. The monoisotopic (exact) mass is 240 g/mol.